The lowest BCUT2D eigenvalue weighted by Gasteiger charge is -2.21. The van der Waals surface area contributed by atoms with Crippen molar-refractivity contribution in [1.29, 1.82) is 0 Å². The molecule has 9 heteroatoms. The number of ether oxygens (including phenoxy) is 1. The fraction of sp³-hybridized carbons (Fsp3) is 0.391. The van der Waals surface area contributed by atoms with E-state index in [1.807, 2.05) is 13.1 Å². The van der Waals surface area contributed by atoms with Crippen LogP contribution in [0.3, 0.4) is 0 Å². The van der Waals surface area contributed by atoms with Gasteiger partial charge in [-0.2, -0.15) is 5.10 Å². The van der Waals surface area contributed by atoms with Crippen LogP contribution in [0.2, 0.25) is 0 Å². The van der Waals surface area contributed by atoms with Crippen LogP contribution in [-0.2, 0) is 4.74 Å². The van der Waals surface area contributed by atoms with Crippen molar-refractivity contribution in [3.63, 3.8) is 0 Å². The van der Waals surface area contributed by atoms with E-state index in [0.717, 1.165) is 24.1 Å². The number of benzene rings is 1. The van der Waals surface area contributed by atoms with Crippen LogP contribution in [0.15, 0.2) is 36.9 Å². The molecule has 4 heterocycles. The van der Waals surface area contributed by atoms with E-state index in [4.69, 9.17) is 4.74 Å². The number of hydrogen-bond donors (Lipinski definition) is 0. The smallest absolute Gasteiger partial charge is 0.174 e. The maximum Gasteiger partial charge on any atom is 0.174 e. The van der Waals surface area contributed by atoms with Gasteiger partial charge in [0.2, 0.25) is 0 Å². The third-order valence-corrected chi connectivity index (χ3v) is 6.55. The fourth-order valence-electron chi connectivity index (χ4n) is 3.79. The van der Waals surface area contributed by atoms with Crippen LogP contribution < -0.4 is 0 Å². The third-order valence-electron chi connectivity index (χ3n) is 5.58. The highest BCUT2D eigenvalue weighted by Gasteiger charge is 2.26. The molecular formula is C23H23F2N5OS. The maximum atomic E-state index is 13.8. The van der Waals surface area contributed by atoms with E-state index in [-0.39, 0.29) is 5.56 Å². The number of rotatable bonds is 3. The van der Waals surface area contributed by atoms with E-state index < -0.39 is 11.6 Å². The monoisotopic (exact) mass is 455 g/mol. The van der Waals surface area contributed by atoms with Crippen molar-refractivity contribution in [2.45, 2.75) is 51.2 Å². The summed E-state index contributed by atoms with van der Waals surface area (Å²) >= 11 is 1.39. The van der Waals surface area contributed by atoms with Crippen molar-refractivity contribution >= 4 is 21.7 Å². The van der Waals surface area contributed by atoms with E-state index in [0.29, 0.717) is 28.2 Å². The standard InChI is InChI=1S/C12H7F2N3S.C11H16N2O/c1-6-17-12-11(18-6)10(15-5-16-12)8-3-2-7(13)4-9(8)14;1-2-6-14-11(3-1)9-7-12-13(8-9)10-4-5-10/h2-5H,1H3;7-8,10-11H,1-6H2. The largest absolute Gasteiger partial charge is 0.373 e. The topological polar surface area (TPSA) is 65.7 Å². The fourth-order valence-corrected chi connectivity index (χ4v) is 4.67. The number of fused-ring (bicyclic) bond motifs is 1. The van der Waals surface area contributed by atoms with Gasteiger partial charge in [-0.3, -0.25) is 4.68 Å². The first-order valence-corrected chi connectivity index (χ1v) is 11.6. The van der Waals surface area contributed by atoms with Gasteiger partial charge in [-0.15, -0.1) is 11.3 Å². The zero-order valence-corrected chi connectivity index (χ0v) is 18.5. The van der Waals surface area contributed by atoms with Crippen LogP contribution in [0.25, 0.3) is 21.6 Å². The van der Waals surface area contributed by atoms with Crippen molar-refractivity contribution in [1.82, 2.24) is 24.7 Å². The van der Waals surface area contributed by atoms with Crippen molar-refractivity contribution in [3.8, 4) is 11.3 Å². The molecule has 1 aliphatic carbocycles. The lowest BCUT2D eigenvalue weighted by atomic mass is 10.0. The van der Waals surface area contributed by atoms with Crippen LogP contribution in [0, 0.1) is 18.6 Å². The van der Waals surface area contributed by atoms with Crippen molar-refractivity contribution in [3.05, 3.63) is 59.1 Å². The molecule has 1 unspecified atom stereocenters. The SMILES string of the molecule is Cc1nc2ncnc(-c3ccc(F)cc3F)c2s1.c1nn(C2CC2)cc1C1CCCCO1. The van der Waals surface area contributed by atoms with Gasteiger partial charge in [-0.25, -0.2) is 23.7 Å². The van der Waals surface area contributed by atoms with Crippen LogP contribution in [0.4, 0.5) is 8.78 Å². The van der Waals surface area contributed by atoms with Gasteiger partial charge in [0.25, 0.3) is 0 Å². The molecule has 0 bridgehead atoms. The van der Waals surface area contributed by atoms with Crippen LogP contribution in [0.1, 0.15) is 54.8 Å². The predicted molar refractivity (Wildman–Crippen MR) is 118 cm³/mol. The maximum absolute atomic E-state index is 13.8. The third kappa shape index (κ3) is 4.54. The predicted octanol–water partition coefficient (Wildman–Crippen LogP) is 5.80. The Bertz CT molecular complexity index is 1230. The zero-order valence-electron chi connectivity index (χ0n) is 17.7. The molecule has 6 nitrogen and oxygen atoms in total. The molecule has 0 amide bonds. The van der Waals surface area contributed by atoms with Gasteiger partial charge in [0.05, 0.1) is 29.0 Å². The van der Waals surface area contributed by atoms with Crippen LogP contribution in [-0.4, -0.2) is 31.3 Å². The molecule has 2 fully saturated rings. The Morgan fingerprint density at radius 1 is 1.12 bits per heavy atom. The summed E-state index contributed by atoms with van der Waals surface area (Å²) in [4.78, 5) is 12.3. The molecule has 3 aromatic heterocycles. The number of nitrogens with zero attached hydrogens (tertiary/aromatic N) is 5. The first kappa shape index (κ1) is 21.1. The summed E-state index contributed by atoms with van der Waals surface area (Å²) in [5.74, 6) is -1.25. The van der Waals surface area contributed by atoms with Gasteiger partial charge in [0, 0.05) is 30.0 Å². The summed E-state index contributed by atoms with van der Waals surface area (Å²) in [7, 11) is 0. The van der Waals surface area contributed by atoms with Gasteiger partial charge in [0.1, 0.15) is 22.7 Å². The molecule has 0 radical (unpaired) electrons. The normalized spacial score (nSPS) is 18.4. The average Bonchev–Trinajstić information content (AvgIpc) is 3.39. The zero-order chi connectivity index (χ0) is 22.1. The number of aryl methyl sites for hydroxylation is 1. The van der Waals surface area contributed by atoms with Gasteiger partial charge in [-0.1, -0.05) is 0 Å². The molecule has 1 saturated heterocycles. The highest BCUT2D eigenvalue weighted by molar-refractivity contribution is 7.19. The second-order valence-electron chi connectivity index (χ2n) is 8.07. The second kappa shape index (κ2) is 8.99. The van der Waals surface area contributed by atoms with Gasteiger partial charge in [0.15, 0.2) is 5.65 Å². The first-order valence-electron chi connectivity index (χ1n) is 10.8. The average molecular weight is 456 g/mol. The summed E-state index contributed by atoms with van der Waals surface area (Å²) < 4.78 is 35.2. The highest BCUT2D eigenvalue weighted by Crippen LogP contribution is 2.36. The summed E-state index contributed by atoms with van der Waals surface area (Å²) in [6.45, 7) is 2.76. The van der Waals surface area contributed by atoms with Gasteiger partial charge < -0.3 is 4.74 Å². The van der Waals surface area contributed by atoms with E-state index in [1.54, 1.807) is 0 Å². The molecule has 1 atom stereocenters. The first-order chi connectivity index (χ1) is 15.6. The minimum Gasteiger partial charge on any atom is -0.373 e. The van der Waals surface area contributed by atoms with Crippen LogP contribution >= 0.6 is 11.3 Å². The molecular weight excluding hydrogens is 432 g/mol. The van der Waals surface area contributed by atoms with E-state index in [2.05, 4.69) is 30.9 Å². The Morgan fingerprint density at radius 3 is 2.75 bits per heavy atom. The molecule has 1 aromatic carbocycles. The number of halogens is 2. The lowest BCUT2D eigenvalue weighted by Crippen LogP contribution is -2.10. The molecule has 166 valence electrons. The molecule has 1 aliphatic heterocycles. The lowest BCUT2D eigenvalue weighted by molar-refractivity contribution is 0.0149. The van der Waals surface area contributed by atoms with Gasteiger partial charge in [-0.05, 0) is 51.2 Å². The summed E-state index contributed by atoms with van der Waals surface area (Å²) in [5, 5.41) is 5.22. The second-order valence-corrected chi connectivity index (χ2v) is 9.28. The summed E-state index contributed by atoms with van der Waals surface area (Å²) in [5.41, 5.74) is 2.51. The quantitative estimate of drug-likeness (QED) is 0.391. The Balaban J connectivity index is 0.000000139. The van der Waals surface area contributed by atoms with Crippen molar-refractivity contribution in [2.75, 3.05) is 6.61 Å². The number of thiazole rings is 1. The van der Waals surface area contributed by atoms with E-state index in [9.17, 15) is 8.78 Å². The van der Waals surface area contributed by atoms with Crippen molar-refractivity contribution in [2.24, 2.45) is 0 Å². The summed E-state index contributed by atoms with van der Waals surface area (Å²) in [6.07, 6.45) is 12.1. The minimum absolute atomic E-state index is 0.257. The molecule has 4 aromatic rings. The van der Waals surface area contributed by atoms with Crippen molar-refractivity contribution < 1.29 is 13.5 Å². The Hall–Kier alpha value is -2.78. The Kier molecular flexibility index (Phi) is 5.93. The molecule has 6 rings (SSSR count). The Labute approximate surface area is 188 Å². The molecule has 0 spiro atoms. The van der Waals surface area contributed by atoms with Gasteiger partial charge >= 0.3 is 0 Å². The number of hydrogen-bond acceptors (Lipinski definition) is 6. The molecule has 2 aliphatic rings. The molecule has 32 heavy (non-hydrogen) atoms. The highest BCUT2D eigenvalue weighted by atomic mass is 32.1. The van der Waals surface area contributed by atoms with E-state index >= 15 is 0 Å². The molecule has 1 saturated carbocycles. The number of aromatic nitrogens is 5. The van der Waals surface area contributed by atoms with Crippen LogP contribution in [0.5, 0.6) is 0 Å². The van der Waals surface area contributed by atoms with E-state index in [1.165, 1.54) is 61.0 Å². The molecule has 0 N–H and O–H groups in total. The Morgan fingerprint density at radius 2 is 2.00 bits per heavy atom. The summed E-state index contributed by atoms with van der Waals surface area (Å²) in [6, 6.07) is 4.12. The minimum atomic E-state index is -0.638.